The fourth-order valence-electron chi connectivity index (χ4n) is 2.29. The Morgan fingerprint density at radius 2 is 2.25 bits per heavy atom. The highest BCUT2D eigenvalue weighted by Gasteiger charge is 2.35. The number of likely N-dealkylation sites (tertiary alicyclic amines) is 1. The topological polar surface area (TPSA) is 59.2 Å². The van der Waals surface area contributed by atoms with Crippen LogP contribution in [0, 0.1) is 0 Å². The van der Waals surface area contributed by atoms with Crippen LogP contribution in [0.15, 0.2) is 4.52 Å². The van der Waals surface area contributed by atoms with Gasteiger partial charge in [-0.3, -0.25) is 4.79 Å². The number of amides is 1. The molecule has 5 nitrogen and oxygen atoms in total. The van der Waals surface area contributed by atoms with Gasteiger partial charge >= 0.3 is 0 Å². The van der Waals surface area contributed by atoms with E-state index in [-0.39, 0.29) is 11.9 Å². The Hall–Kier alpha value is -1.39. The minimum atomic E-state index is 0.0116. The molecule has 5 heteroatoms. The first-order valence-electron chi connectivity index (χ1n) is 5.86. The van der Waals surface area contributed by atoms with Crippen LogP contribution in [0.5, 0.6) is 0 Å². The van der Waals surface area contributed by atoms with Gasteiger partial charge in [-0.2, -0.15) is 4.98 Å². The molecule has 1 aliphatic heterocycles. The van der Waals surface area contributed by atoms with Crippen LogP contribution < -0.4 is 0 Å². The Balaban J connectivity index is 1.81. The second-order valence-electron chi connectivity index (χ2n) is 4.64. The van der Waals surface area contributed by atoms with Crippen molar-refractivity contribution in [3.8, 4) is 0 Å². The van der Waals surface area contributed by atoms with Gasteiger partial charge in [-0.25, -0.2) is 0 Å². The summed E-state index contributed by atoms with van der Waals surface area (Å²) in [5.41, 5.74) is 0. The second-order valence-corrected chi connectivity index (χ2v) is 4.64. The molecule has 86 valence electrons. The molecular formula is C11H15N3O2. The predicted molar refractivity (Wildman–Crippen MR) is 55.6 cm³/mol. The van der Waals surface area contributed by atoms with Crippen LogP contribution >= 0.6 is 0 Å². The molecule has 1 aromatic heterocycles. The summed E-state index contributed by atoms with van der Waals surface area (Å²) in [7, 11) is 0. The Bertz CT molecular complexity index is 411. The van der Waals surface area contributed by atoms with E-state index in [1.165, 1.54) is 12.8 Å². The van der Waals surface area contributed by atoms with E-state index < -0.39 is 0 Å². The summed E-state index contributed by atoms with van der Waals surface area (Å²) in [4.78, 5) is 17.7. The van der Waals surface area contributed by atoms with Crippen molar-refractivity contribution < 1.29 is 9.32 Å². The normalized spacial score (nSPS) is 25.1. The van der Waals surface area contributed by atoms with Gasteiger partial charge in [0.1, 0.15) is 6.04 Å². The first kappa shape index (κ1) is 9.81. The van der Waals surface area contributed by atoms with Crippen LogP contribution in [-0.4, -0.2) is 27.5 Å². The lowest BCUT2D eigenvalue weighted by Crippen LogP contribution is -2.28. The summed E-state index contributed by atoms with van der Waals surface area (Å²) in [5, 5.41) is 3.99. The molecule has 1 aromatic rings. The first-order chi connectivity index (χ1) is 7.75. The highest BCUT2D eigenvalue weighted by Crippen LogP contribution is 2.39. The van der Waals surface area contributed by atoms with Crippen molar-refractivity contribution in [2.24, 2.45) is 0 Å². The zero-order chi connectivity index (χ0) is 11.1. The van der Waals surface area contributed by atoms with Gasteiger partial charge in [0, 0.05) is 19.4 Å². The van der Waals surface area contributed by atoms with Gasteiger partial charge in [0.15, 0.2) is 5.82 Å². The summed E-state index contributed by atoms with van der Waals surface area (Å²) in [6, 6.07) is 0.0116. The third kappa shape index (κ3) is 1.60. The van der Waals surface area contributed by atoms with Crippen molar-refractivity contribution in [1.82, 2.24) is 15.0 Å². The molecular weight excluding hydrogens is 206 g/mol. The van der Waals surface area contributed by atoms with Crippen molar-refractivity contribution in [3.05, 3.63) is 11.7 Å². The highest BCUT2D eigenvalue weighted by atomic mass is 16.5. The maximum Gasteiger partial charge on any atom is 0.249 e. The van der Waals surface area contributed by atoms with Crippen LogP contribution in [0.2, 0.25) is 0 Å². The number of aromatic nitrogens is 2. The average Bonchev–Trinajstić information content (AvgIpc) is 2.83. The lowest BCUT2D eigenvalue weighted by molar-refractivity contribution is -0.130. The van der Waals surface area contributed by atoms with Crippen LogP contribution in [-0.2, 0) is 4.79 Å². The Morgan fingerprint density at radius 1 is 1.44 bits per heavy atom. The highest BCUT2D eigenvalue weighted by molar-refractivity contribution is 5.73. The number of hydrogen-bond donors (Lipinski definition) is 0. The van der Waals surface area contributed by atoms with Gasteiger partial charge in [-0.05, 0) is 25.7 Å². The molecule has 1 saturated heterocycles. The van der Waals surface area contributed by atoms with Crippen molar-refractivity contribution in [1.29, 1.82) is 0 Å². The molecule has 2 heterocycles. The molecule has 0 aromatic carbocycles. The summed E-state index contributed by atoms with van der Waals surface area (Å²) in [5.74, 6) is 2.04. The molecule has 1 atom stereocenters. The zero-order valence-electron chi connectivity index (χ0n) is 9.35. The maximum atomic E-state index is 11.4. The number of nitrogens with zero attached hydrogens (tertiary/aromatic N) is 3. The molecule has 1 aliphatic carbocycles. The molecule has 2 fully saturated rings. The van der Waals surface area contributed by atoms with E-state index in [4.69, 9.17) is 4.52 Å². The quantitative estimate of drug-likeness (QED) is 0.761. The van der Waals surface area contributed by atoms with Crippen LogP contribution in [0.25, 0.3) is 0 Å². The molecule has 1 saturated carbocycles. The standard InChI is InChI=1S/C11H15N3O2/c1-7(15)14-6-2-3-9(14)11-12-10(13-16-11)8-4-5-8/h8-9H,2-6H2,1H3. The molecule has 1 unspecified atom stereocenters. The molecule has 2 aliphatic rings. The number of hydrogen-bond acceptors (Lipinski definition) is 4. The number of carbonyl (C=O) groups excluding carboxylic acids is 1. The fourth-order valence-corrected chi connectivity index (χ4v) is 2.29. The molecule has 16 heavy (non-hydrogen) atoms. The SMILES string of the molecule is CC(=O)N1CCCC1c1nc(C2CC2)no1. The fraction of sp³-hybridized carbons (Fsp3) is 0.727. The largest absolute Gasteiger partial charge is 0.337 e. The molecule has 0 N–H and O–H groups in total. The molecule has 0 radical (unpaired) electrons. The molecule has 1 amide bonds. The lowest BCUT2D eigenvalue weighted by Gasteiger charge is -2.19. The van der Waals surface area contributed by atoms with E-state index in [1.54, 1.807) is 6.92 Å². The molecule has 3 rings (SSSR count). The Morgan fingerprint density at radius 3 is 2.94 bits per heavy atom. The average molecular weight is 221 g/mol. The minimum absolute atomic E-state index is 0.0116. The minimum Gasteiger partial charge on any atom is -0.337 e. The van der Waals surface area contributed by atoms with Gasteiger partial charge < -0.3 is 9.42 Å². The monoisotopic (exact) mass is 221 g/mol. The van der Waals surface area contributed by atoms with E-state index in [1.807, 2.05) is 4.90 Å². The van der Waals surface area contributed by atoms with Gasteiger partial charge in [-0.1, -0.05) is 5.16 Å². The first-order valence-corrected chi connectivity index (χ1v) is 5.86. The van der Waals surface area contributed by atoms with Crippen LogP contribution in [0.4, 0.5) is 0 Å². The van der Waals surface area contributed by atoms with Crippen molar-refractivity contribution >= 4 is 5.91 Å². The third-order valence-corrected chi connectivity index (χ3v) is 3.34. The van der Waals surface area contributed by atoms with Crippen molar-refractivity contribution in [2.45, 2.75) is 44.6 Å². The van der Waals surface area contributed by atoms with Crippen molar-refractivity contribution in [3.63, 3.8) is 0 Å². The van der Waals surface area contributed by atoms with Crippen molar-refractivity contribution in [2.75, 3.05) is 6.54 Å². The predicted octanol–water partition coefficient (Wildman–Crippen LogP) is 1.63. The Kier molecular flexibility index (Phi) is 2.19. The lowest BCUT2D eigenvalue weighted by atomic mass is 10.2. The van der Waals surface area contributed by atoms with Gasteiger partial charge in [0.2, 0.25) is 11.8 Å². The van der Waals surface area contributed by atoms with Gasteiger partial charge in [-0.15, -0.1) is 0 Å². The van der Waals surface area contributed by atoms with E-state index >= 15 is 0 Å². The van der Waals surface area contributed by atoms with E-state index in [0.717, 1.165) is 25.2 Å². The second kappa shape index (κ2) is 3.57. The van der Waals surface area contributed by atoms with Gasteiger partial charge in [0.05, 0.1) is 0 Å². The molecule has 0 bridgehead atoms. The summed E-state index contributed by atoms with van der Waals surface area (Å²) < 4.78 is 5.28. The number of carbonyl (C=O) groups is 1. The third-order valence-electron chi connectivity index (χ3n) is 3.34. The van der Waals surface area contributed by atoms with Crippen LogP contribution in [0.3, 0.4) is 0 Å². The summed E-state index contributed by atoms with van der Waals surface area (Å²) in [6.45, 7) is 2.40. The summed E-state index contributed by atoms with van der Waals surface area (Å²) >= 11 is 0. The Labute approximate surface area is 93.8 Å². The van der Waals surface area contributed by atoms with Gasteiger partial charge in [0.25, 0.3) is 0 Å². The maximum absolute atomic E-state index is 11.4. The van der Waals surface area contributed by atoms with E-state index in [0.29, 0.717) is 11.8 Å². The van der Waals surface area contributed by atoms with Crippen LogP contribution in [0.1, 0.15) is 56.3 Å². The smallest absolute Gasteiger partial charge is 0.249 e. The molecule has 0 spiro atoms. The van der Waals surface area contributed by atoms with E-state index in [2.05, 4.69) is 10.1 Å². The number of rotatable bonds is 2. The van der Waals surface area contributed by atoms with E-state index in [9.17, 15) is 4.79 Å². The zero-order valence-corrected chi connectivity index (χ0v) is 9.35. The summed E-state index contributed by atoms with van der Waals surface area (Å²) in [6.07, 6.45) is 4.29.